The number of aromatic nitrogens is 3. The van der Waals surface area contributed by atoms with Gasteiger partial charge in [0.05, 0.1) is 0 Å². The van der Waals surface area contributed by atoms with E-state index < -0.39 is 0 Å². The molecule has 0 amide bonds. The van der Waals surface area contributed by atoms with Crippen LogP contribution in [0.5, 0.6) is 0 Å². The van der Waals surface area contributed by atoms with Crippen LogP contribution in [-0.4, -0.2) is 15.0 Å². The Hall–Kier alpha value is -5.41. The van der Waals surface area contributed by atoms with Gasteiger partial charge in [0.25, 0.3) is 0 Å². The summed E-state index contributed by atoms with van der Waals surface area (Å²) in [6.45, 7) is 0. The first-order chi connectivity index (χ1) is 19.8. The summed E-state index contributed by atoms with van der Waals surface area (Å²) in [5.41, 5.74) is 7.45. The van der Waals surface area contributed by atoms with E-state index in [2.05, 4.69) is 133 Å². The maximum Gasteiger partial charge on any atom is 0.164 e. The van der Waals surface area contributed by atoms with Gasteiger partial charge >= 0.3 is 0 Å². The normalized spacial score (nSPS) is 11.0. The molecule has 188 valence electrons. The van der Waals surface area contributed by atoms with Gasteiger partial charge < -0.3 is 0 Å². The molecule has 0 aliphatic heterocycles. The average Bonchev–Trinajstić information content (AvgIpc) is 3.05. The first kappa shape index (κ1) is 23.7. The third-order valence-electron chi connectivity index (χ3n) is 7.17. The lowest BCUT2D eigenvalue weighted by Crippen LogP contribution is -2.01. The van der Waals surface area contributed by atoms with Crippen molar-refractivity contribution in [2.45, 2.75) is 0 Å². The quantitative estimate of drug-likeness (QED) is 0.231. The van der Waals surface area contributed by atoms with Gasteiger partial charge in [-0.15, -0.1) is 0 Å². The summed E-state index contributed by atoms with van der Waals surface area (Å²) in [6, 6.07) is 52.2. The molecule has 3 heteroatoms. The SMILES string of the molecule is c1ccc(-c2ccc(-c3nc(-c4ccccc4-c4ccccc4)nc(-c4cccc5ccccc45)n3)cc2)cc1. The molecule has 0 radical (unpaired) electrons. The van der Waals surface area contributed by atoms with Crippen LogP contribution in [0.4, 0.5) is 0 Å². The van der Waals surface area contributed by atoms with E-state index >= 15 is 0 Å². The average molecular weight is 512 g/mol. The van der Waals surface area contributed by atoms with Crippen molar-refractivity contribution in [3.8, 4) is 56.4 Å². The van der Waals surface area contributed by atoms with Gasteiger partial charge in [0.1, 0.15) is 0 Å². The molecule has 0 fully saturated rings. The summed E-state index contributed by atoms with van der Waals surface area (Å²) in [7, 11) is 0. The lowest BCUT2D eigenvalue weighted by Gasteiger charge is -2.13. The molecule has 40 heavy (non-hydrogen) atoms. The maximum atomic E-state index is 5.08. The Morgan fingerprint density at radius 2 is 0.750 bits per heavy atom. The fraction of sp³-hybridized carbons (Fsp3) is 0. The molecule has 0 unspecified atom stereocenters. The standard InChI is InChI=1S/C37H25N3/c1-3-12-26(13-4-1)27-22-24-30(25-23-27)35-38-36(33-20-10-9-19-31(33)28-14-5-2-6-15-28)40-37(39-35)34-21-11-17-29-16-7-8-18-32(29)34/h1-25H. The van der Waals surface area contributed by atoms with Gasteiger partial charge in [0.2, 0.25) is 0 Å². The lowest BCUT2D eigenvalue weighted by atomic mass is 9.99. The van der Waals surface area contributed by atoms with Crippen LogP contribution in [0.1, 0.15) is 0 Å². The van der Waals surface area contributed by atoms with Crippen molar-refractivity contribution in [2.24, 2.45) is 0 Å². The number of benzene rings is 6. The molecule has 1 heterocycles. The highest BCUT2D eigenvalue weighted by Gasteiger charge is 2.16. The van der Waals surface area contributed by atoms with E-state index in [4.69, 9.17) is 15.0 Å². The van der Waals surface area contributed by atoms with E-state index in [-0.39, 0.29) is 0 Å². The predicted octanol–water partition coefficient (Wildman–Crippen LogP) is 9.36. The highest BCUT2D eigenvalue weighted by atomic mass is 15.0. The summed E-state index contributed by atoms with van der Waals surface area (Å²) in [4.78, 5) is 15.2. The van der Waals surface area contributed by atoms with Crippen LogP contribution in [0.2, 0.25) is 0 Å². The fourth-order valence-corrected chi connectivity index (χ4v) is 5.16. The number of hydrogen-bond acceptors (Lipinski definition) is 3. The zero-order chi connectivity index (χ0) is 26.7. The van der Waals surface area contributed by atoms with Crippen molar-refractivity contribution in [1.82, 2.24) is 15.0 Å². The zero-order valence-corrected chi connectivity index (χ0v) is 21.8. The number of hydrogen-bond donors (Lipinski definition) is 0. The van der Waals surface area contributed by atoms with Gasteiger partial charge in [0, 0.05) is 16.7 Å². The molecule has 6 aromatic carbocycles. The predicted molar refractivity (Wildman–Crippen MR) is 165 cm³/mol. The summed E-state index contributed by atoms with van der Waals surface area (Å²) in [5, 5.41) is 2.27. The molecule has 0 bridgehead atoms. The van der Waals surface area contributed by atoms with Gasteiger partial charge in [-0.3, -0.25) is 0 Å². The third-order valence-corrected chi connectivity index (χ3v) is 7.17. The van der Waals surface area contributed by atoms with E-state index in [1.165, 1.54) is 5.56 Å². The number of rotatable bonds is 5. The van der Waals surface area contributed by atoms with Gasteiger partial charge in [-0.2, -0.15) is 0 Å². The summed E-state index contributed by atoms with van der Waals surface area (Å²) >= 11 is 0. The monoisotopic (exact) mass is 511 g/mol. The molecular weight excluding hydrogens is 486 g/mol. The molecule has 0 aliphatic rings. The van der Waals surface area contributed by atoms with Gasteiger partial charge in [-0.05, 0) is 33.0 Å². The van der Waals surface area contributed by atoms with Crippen LogP contribution < -0.4 is 0 Å². The van der Waals surface area contributed by atoms with E-state index in [0.717, 1.165) is 44.2 Å². The Kier molecular flexibility index (Phi) is 6.15. The fourth-order valence-electron chi connectivity index (χ4n) is 5.16. The zero-order valence-electron chi connectivity index (χ0n) is 21.8. The molecule has 0 saturated carbocycles. The minimum absolute atomic E-state index is 0.649. The van der Waals surface area contributed by atoms with Crippen LogP contribution in [0.25, 0.3) is 67.2 Å². The first-order valence-electron chi connectivity index (χ1n) is 13.4. The maximum absolute atomic E-state index is 5.08. The minimum atomic E-state index is 0.649. The molecule has 0 atom stereocenters. The molecule has 3 nitrogen and oxygen atoms in total. The molecule has 0 aliphatic carbocycles. The topological polar surface area (TPSA) is 38.7 Å². The van der Waals surface area contributed by atoms with Crippen molar-refractivity contribution in [3.05, 3.63) is 152 Å². The largest absolute Gasteiger partial charge is 0.208 e. The second-order valence-corrected chi connectivity index (χ2v) is 9.69. The number of fused-ring (bicyclic) bond motifs is 1. The van der Waals surface area contributed by atoms with Crippen molar-refractivity contribution in [1.29, 1.82) is 0 Å². The van der Waals surface area contributed by atoms with E-state index in [1.807, 2.05) is 18.2 Å². The van der Waals surface area contributed by atoms with Crippen molar-refractivity contribution in [2.75, 3.05) is 0 Å². The number of nitrogens with zero attached hydrogens (tertiary/aromatic N) is 3. The Balaban J connectivity index is 1.43. The first-order valence-corrected chi connectivity index (χ1v) is 13.4. The highest BCUT2D eigenvalue weighted by Crippen LogP contribution is 2.34. The van der Waals surface area contributed by atoms with Gasteiger partial charge in [-0.25, -0.2) is 15.0 Å². The van der Waals surface area contributed by atoms with Crippen LogP contribution in [0.15, 0.2) is 152 Å². The van der Waals surface area contributed by atoms with E-state index in [0.29, 0.717) is 17.5 Å². The molecule has 7 rings (SSSR count). The summed E-state index contributed by atoms with van der Waals surface area (Å²) in [5.74, 6) is 1.96. The van der Waals surface area contributed by atoms with Crippen LogP contribution in [0.3, 0.4) is 0 Å². The van der Waals surface area contributed by atoms with Crippen molar-refractivity contribution in [3.63, 3.8) is 0 Å². The van der Waals surface area contributed by atoms with Crippen LogP contribution in [0, 0.1) is 0 Å². The lowest BCUT2D eigenvalue weighted by molar-refractivity contribution is 1.08. The second-order valence-electron chi connectivity index (χ2n) is 9.69. The van der Waals surface area contributed by atoms with Crippen LogP contribution >= 0.6 is 0 Å². The molecular formula is C37H25N3. The highest BCUT2D eigenvalue weighted by molar-refractivity contribution is 5.95. The van der Waals surface area contributed by atoms with Gasteiger partial charge in [-0.1, -0.05) is 152 Å². The van der Waals surface area contributed by atoms with E-state index in [9.17, 15) is 0 Å². The Labute approximate surface area is 233 Å². The Morgan fingerprint density at radius 1 is 0.275 bits per heavy atom. The molecule has 1 aromatic heterocycles. The Morgan fingerprint density at radius 3 is 1.50 bits per heavy atom. The summed E-state index contributed by atoms with van der Waals surface area (Å²) in [6.07, 6.45) is 0. The Bertz CT molecular complexity index is 1920. The molecule has 0 saturated heterocycles. The molecule has 0 spiro atoms. The summed E-state index contributed by atoms with van der Waals surface area (Å²) < 4.78 is 0. The molecule has 7 aromatic rings. The smallest absolute Gasteiger partial charge is 0.164 e. The molecule has 0 N–H and O–H groups in total. The van der Waals surface area contributed by atoms with Crippen molar-refractivity contribution >= 4 is 10.8 Å². The minimum Gasteiger partial charge on any atom is -0.208 e. The third kappa shape index (κ3) is 4.55. The van der Waals surface area contributed by atoms with Crippen molar-refractivity contribution < 1.29 is 0 Å². The van der Waals surface area contributed by atoms with E-state index in [1.54, 1.807) is 0 Å². The second kappa shape index (κ2) is 10.4. The van der Waals surface area contributed by atoms with Gasteiger partial charge in [0.15, 0.2) is 17.5 Å². The van der Waals surface area contributed by atoms with Crippen LogP contribution in [-0.2, 0) is 0 Å².